The smallest absolute Gasteiger partial charge is 0.234 e. The highest BCUT2D eigenvalue weighted by Crippen LogP contribution is 2.26. The first-order valence-electron chi connectivity index (χ1n) is 9.47. The zero-order valence-electron chi connectivity index (χ0n) is 16.3. The van der Waals surface area contributed by atoms with Crippen LogP contribution in [0.4, 0.5) is 11.4 Å². The van der Waals surface area contributed by atoms with E-state index in [9.17, 15) is 9.59 Å². The second-order valence-electron chi connectivity index (χ2n) is 6.70. The number of carbonyl (C=O) groups excluding carboxylic acids is 2. The fraction of sp³-hybridized carbons (Fsp3) is 0.0870. The Balaban J connectivity index is 1.29. The summed E-state index contributed by atoms with van der Waals surface area (Å²) in [6.45, 7) is 0. The quantitative estimate of drug-likeness (QED) is 0.300. The number of carbonyl (C=O) groups is 2. The Morgan fingerprint density at radius 1 is 0.935 bits per heavy atom. The van der Waals surface area contributed by atoms with Gasteiger partial charge in [-0.3, -0.25) is 9.59 Å². The van der Waals surface area contributed by atoms with Crippen molar-refractivity contribution in [2.75, 3.05) is 16.4 Å². The van der Waals surface area contributed by atoms with Crippen molar-refractivity contribution in [3.05, 3.63) is 82.3 Å². The largest absolute Gasteiger partial charge is 0.326 e. The minimum Gasteiger partial charge on any atom is -0.326 e. The van der Waals surface area contributed by atoms with E-state index in [4.69, 9.17) is 0 Å². The van der Waals surface area contributed by atoms with Crippen LogP contribution in [0.15, 0.2) is 80.9 Å². The number of hydrogen-bond acceptors (Lipinski definition) is 5. The van der Waals surface area contributed by atoms with Crippen molar-refractivity contribution >= 4 is 73.0 Å². The van der Waals surface area contributed by atoms with Crippen LogP contribution in [-0.4, -0.2) is 22.6 Å². The highest BCUT2D eigenvalue weighted by atomic mass is 79.9. The minimum atomic E-state index is -0.127. The van der Waals surface area contributed by atoms with Crippen LogP contribution >= 0.6 is 39.0 Å². The van der Waals surface area contributed by atoms with Gasteiger partial charge in [-0.1, -0.05) is 64.1 Å². The molecule has 4 rings (SSSR count). The third-order valence-electron chi connectivity index (χ3n) is 4.39. The Morgan fingerprint density at radius 3 is 2.55 bits per heavy atom. The number of rotatable bonds is 7. The summed E-state index contributed by atoms with van der Waals surface area (Å²) >= 11 is 6.17. The molecule has 0 aliphatic rings. The predicted molar refractivity (Wildman–Crippen MR) is 132 cm³/mol. The number of fused-ring (bicyclic) bond motifs is 1. The van der Waals surface area contributed by atoms with Crippen LogP contribution in [0.3, 0.4) is 0 Å². The molecule has 2 N–H and O–H groups in total. The van der Waals surface area contributed by atoms with Crippen LogP contribution in [0.25, 0.3) is 10.8 Å². The van der Waals surface area contributed by atoms with Crippen molar-refractivity contribution in [1.29, 1.82) is 0 Å². The molecule has 0 atom stereocenters. The number of thioether (sulfide) groups is 1. The molecule has 1 aromatic heterocycles. The number of halogens is 1. The number of anilines is 2. The molecule has 1 heterocycles. The lowest BCUT2D eigenvalue weighted by atomic mass is 10.1. The molecule has 156 valence electrons. The number of aromatic nitrogens is 1. The van der Waals surface area contributed by atoms with E-state index in [1.165, 1.54) is 23.1 Å². The summed E-state index contributed by atoms with van der Waals surface area (Å²) in [4.78, 5) is 29.1. The summed E-state index contributed by atoms with van der Waals surface area (Å²) in [5.74, 6) is 0.0327. The first-order valence-corrected chi connectivity index (χ1v) is 12.1. The van der Waals surface area contributed by atoms with Crippen LogP contribution in [-0.2, 0) is 16.0 Å². The van der Waals surface area contributed by atoms with E-state index in [2.05, 4.69) is 31.5 Å². The van der Waals surface area contributed by atoms with E-state index >= 15 is 0 Å². The summed E-state index contributed by atoms with van der Waals surface area (Å²) in [6.07, 6.45) is 0.190. The van der Waals surface area contributed by atoms with E-state index in [0.717, 1.165) is 31.0 Å². The van der Waals surface area contributed by atoms with Gasteiger partial charge in [0.05, 0.1) is 17.9 Å². The number of nitrogens with one attached hydrogen (secondary N) is 2. The zero-order valence-corrected chi connectivity index (χ0v) is 19.5. The molecule has 0 bridgehead atoms. The Labute approximate surface area is 196 Å². The monoisotopic (exact) mass is 511 g/mol. The highest BCUT2D eigenvalue weighted by Gasteiger charge is 2.11. The third-order valence-corrected chi connectivity index (χ3v) is 6.99. The molecule has 0 aliphatic heterocycles. The van der Waals surface area contributed by atoms with E-state index in [1.807, 2.05) is 72.1 Å². The lowest BCUT2D eigenvalue weighted by Crippen LogP contribution is -2.15. The Kier molecular flexibility index (Phi) is 7.01. The maximum Gasteiger partial charge on any atom is 0.234 e. The average Bonchev–Trinajstić information content (AvgIpc) is 3.21. The number of thiazole rings is 1. The fourth-order valence-electron chi connectivity index (χ4n) is 2.99. The first kappa shape index (κ1) is 21.5. The Bertz CT molecular complexity index is 1220. The molecule has 0 unspecified atom stereocenters. The lowest BCUT2D eigenvalue weighted by molar-refractivity contribution is -0.116. The van der Waals surface area contributed by atoms with Gasteiger partial charge in [-0.25, -0.2) is 4.98 Å². The van der Waals surface area contributed by atoms with Crippen LogP contribution < -0.4 is 10.6 Å². The molecule has 3 aromatic carbocycles. The molecular weight excluding hydrogens is 494 g/mol. The molecule has 0 fully saturated rings. The lowest BCUT2D eigenvalue weighted by Gasteiger charge is -2.08. The van der Waals surface area contributed by atoms with Crippen molar-refractivity contribution < 1.29 is 9.59 Å². The average molecular weight is 512 g/mol. The van der Waals surface area contributed by atoms with Crippen LogP contribution in [0.1, 0.15) is 5.69 Å². The Morgan fingerprint density at radius 2 is 1.71 bits per heavy atom. The van der Waals surface area contributed by atoms with Crippen LogP contribution in [0.5, 0.6) is 0 Å². The van der Waals surface area contributed by atoms with Gasteiger partial charge in [0, 0.05) is 26.6 Å². The normalized spacial score (nSPS) is 10.7. The second kappa shape index (κ2) is 10.1. The number of hydrogen-bond donors (Lipinski definition) is 2. The number of amides is 2. The molecule has 0 aliphatic carbocycles. The van der Waals surface area contributed by atoms with Crippen molar-refractivity contribution in [2.45, 2.75) is 10.8 Å². The first-order chi connectivity index (χ1) is 15.1. The fourth-order valence-corrected chi connectivity index (χ4v) is 4.90. The molecule has 0 saturated carbocycles. The molecular formula is C23H18BrN3O2S2. The van der Waals surface area contributed by atoms with Gasteiger partial charge in [0.1, 0.15) is 0 Å². The van der Waals surface area contributed by atoms with Gasteiger partial charge < -0.3 is 10.6 Å². The SMILES string of the molecule is O=C(Cc1csc(SCC(=O)Nc2cccc3ccccc23)n1)Nc1ccc(Br)cc1. The second-order valence-corrected chi connectivity index (χ2v) is 9.70. The van der Waals surface area contributed by atoms with Gasteiger partial charge in [-0.15, -0.1) is 11.3 Å². The molecule has 31 heavy (non-hydrogen) atoms. The van der Waals surface area contributed by atoms with Gasteiger partial charge in [0.25, 0.3) is 0 Å². The van der Waals surface area contributed by atoms with E-state index in [0.29, 0.717) is 5.69 Å². The summed E-state index contributed by atoms with van der Waals surface area (Å²) < 4.78 is 1.72. The van der Waals surface area contributed by atoms with Crippen molar-refractivity contribution in [2.24, 2.45) is 0 Å². The van der Waals surface area contributed by atoms with Gasteiger partial charge in [0.2, 0.25) is 11.8 Å². The van der Waals surface area contributed by atoms with Crippen molar-refractivity contribution in [1.82, 2.24) is 4.98 Å². The van der Waals surface area contributed by atoms with Crippen molar-refractivity contribution in [3.8, 4) is 0 Å². The molecule has 2 amide bonds. The number of benzene rings is 3. The van der Waals surface area contributed by atoms with Gasteiger partial charge >= 0.3 is 0 Å². The predicted octanol–water partition coefficient (Wildman–Crippen LogP) is 5.97. The molecule has 0 radical (unpaired) electrons. The summed E-state index contributed by atoms with van der Waals surface area (Å²) in [5.41, 5.74) is 2.23. The highest BCUT2D eigenvalue weighted by molar-refractivity contribution is 9.10. The van der Waals surface area contributed by atoms with Crippen LogP contribution in [0.2, 0.25) is 0 Å². The van der Waals surface area contributed by atoms with E-state index < -0.39 is 0 Å². The minimum absolute atomic E-state index is 0.0916. The summed E-state index contributed by atoms with van der Waals surface area (Å²) in [5, 5.41) is 9.77. The summed E-state index contributed by atoms with van der Waals surface area (Å²) in [7, 11) is 0. The van der Waals surface area contributed by atoms with Gasteiger partial charge in [-0.05, 0) is 35.7 Å². The zero-order chi connectivity index (χ0) is 21.6. The number of nitrogens with zero attached hydrogens (tertiary/aromatic N) is 1. The molecule has 0 spiro atoms. The molecule has 8 heteroatoms. The van der Waals surface area contributed by atoms with Crippen LogP contribution in [0, 0.1) is 0 Å². The molecule has 0 saturated heterocycles. The van der Waals surface area contributed by atoms with E-state index in [-0.39, 0.29) is 24.0 Å². The molecule has 4 aromatic rings. The maximum absolute atomic E-state index is 12.4. The van der Waals surface area contributed by atoms with Gasteiger partial charge in [-0.2, -0.15) is 0 Å². The van der Waals surface area contributed by atoms with E-state index in [1.54, 1.807) is 0 Å². The maximum atomic E-state index is 12.4. The third kappa shape index (κ3) is 5.94. The topological polar surface area (TPSA) is 71.1 Å². The molecule has 5 nitrogen and oxygen atoms in total. The Hall–Kier alpha value is -2.68. The van der Waals surface area contributed by atoms with Crippen molar-refractivity contribution in [3.63, 3.8) is 0 Å². The standard InChI is InChI=1S/C23H18BrN3O2S2/c24-16-8-10-17(11-9-16)25-21(28)12-18-13-30-23(26-18)31-14-22(29)27-20-7-3-5-15-4-1-2-6-19(15)20/h1-11,13H,12,14H2,(H,25,28)(H,27,29). The van der Waals surface area contributed by atoms with Gasteiger partial charge in [0.15, 0.2) is 4.34 Å². The summed E-state index contributed by atoms with van der Waals surface area (Å²) in [6, 6.07) is 21.2.